The minimum Gasteiger partial charge on any atom is -0.469 e. The van der Waals surface area contributed by atoms with Crippen molar-refractivity contribution in [2.24, 2.45) is 0 Å². The lowest BCUT2D eigenvalue weighted by molar-refractivity contribution is -0.138. The predicted molar refractivity (Wildman–Crippen MR) is 76.9 cm³/mol. The largest absolute Gasteiger partial charge is 0.469 e. The van der Waals surface area contributed by atoms with Crippen LogP contribution < -0.4 is 0 Å². The van der Waals surface area contributed by atoms with Crippen molar-refractivity contribution in [3.63, 3.8) is 0 Å². The van der Waals surface area contributed by atoms with Crippen LogP contribution in [0.2, 0.25) is 0 Å². The number of likely N-dealkylation sites (tertiary alicyclic amines) is 1. The van der Waals surface area contributed by atoms with Crippen molar-refractivity contribution in [2.45, 2.75) is 44.3 Å². The molecule has 1 spiro atoms. The molecule has 5 nitrogen and oxygen atoms in total. The van der Waals surface area contributed by atoms with Gasteiger partial charge in [0.15, 0.2) is 0 Å². The van der Waals surface area contributed by atoms with Crippen LogP contribution >= 0.6 is 0 Å². The quantitative estimate of drug-likeness (QED) is 0.852. The van der Waals surface area contributed by atoms with Gasteiger partial charge in [-0.25, -0.2) is 0 Å². The molecule has 2 atom stereocenters. The summed E-state index contributed by atoms with van der Waals surface area (Å²) < 4.78 is 16.9. The Bertz CT molecular complexity index is 473. The Kier molecular flexibility index (Phi) is 4.31. The van der Waals surface area contributed by atoms with Crippen molar-refractivity contribution in [1.29, 1.82) is 0 Å². The lowest BCUT2D eigenvalue weighted by Gasteiger charge is -2.39. The second-order valence-corrected chi connectivity index (χ2v) is 5.95. The highest BCUT2D eigenvalue weighted by atomic mass is 16.6. The third-order valence-electron chi connectivity index (χ3n) is 4.38. The van der Waals surface area contributed by atoms with E-state index in [1.165, 1.54) is 0 Å². The number of piperidine rings is 1. The molecule has 1 amide bonds. The lowest BCUT2D eigenvalue weighted by Crippen LogP contribution is -2.50. The number of nitrogens with zero attached hydrogens (tertiary/aromatic N) is 1. The number of furan rings is 1. The molecule has 2 aliphatic heterocycles. The maximum atomic E-state index is 12.4. The van der Waals surface area contributed by atoms with Crippen LogP contribution in [0.1, 0.15) is 31.9 Å². The summed E-state index contributed by atoms with van der Waals surface area (Å²) in [4.78, 5) is 14.3. The number of hydrogen-bond acceptors (Lipinski definition) is 4. The Morgan fingerprint density at radius 1 is 1.57 bits per heavy atom. The fraction of sp³-hybridized carbons (Fsp3) is 0.688. The number of rotatable bonds is 4. The van der Waals surface area contributed by atoms with Crippen LogP contribution in [0.5, 0.6) is 0 Å². The zero-order valence-corrected chi connectivity index (χ0v) is 12.5. The van der Waals surface area contributed by atoms with Gasteiger partial charge >= 0.3 is 0 Å². The first-order valence-corrected chi connectivity index (χ1v) is 7.76. The van der Waals surface area contributed by atoms with Gasteiger partial charge in [-0.15, -0.1) is 0 Å². The minimum absolute atomic E-state index is 0.118. The van der Waals surface area contributed by atoms with Crippen molar-refractivity contribution in [2.75, 3.05) is 26.3 Å². The first kappa shape index (κ1) is 14.6. The number of carbonyl (C=O) groups excluding carboxylic acids is 1. The van der Waals surface area contributed by atoms with Crippen LogP contribution in [0.4, 0.5) is 0 Å². The maximum Gasteiger partial charge on any atom is 0.230 e. The van der Waals surface area contributed by atoms with E-state index in [1.807, 2.05) is 24.0 Å². The molecule has 2 aliphatic rings. The molecular formula is C16H23NO4. The topological polar surface area (TPSA) is 51.9 Å². The van der Waals surface area contributed by atoms with Gasteiger partial charge in [0.1, 0.15) is 5.76 Å². The zero-order valence-electron chi connectivity index (χ0n) is 12.5. The van der Waals surface area contributed by atoms with Crippen molar-refractivity contribution in [1.82, 2.24) is 4.90 Å². The number of carbonyl (C=O) groups is 1. The Labute approximate surface area is 125 Å². The van der Waals surface area contributed by atoms with Crippen LogP contribution in [0.3, 0.4) is 0 Å². The highest BCUT2D eigenvalue weighted by Gasteiger charge is 2.44. The maximum absolute atomic E-state index is 12.4. The average molecular weight is 293 g/mol. The molecule has 0 aliphatic carbocycles. The molecule has 5 heteroatoms. The van der Waals surface area contributed by atoms with E-state index >= 15 is 0 Å². The minimum atomic E-state index is -0.198. The van der Waals surface area contributed by atoms with E-state index in [-0.39, 0.29) is 17.6 Å². The van der Waals surface area contributed by atoms with Gasteiger partial charge in [-0.1, -0.05) is 0 Å². The number of ether oxygens (including phenoxy) is 2. The molecule has 0 N–H and O–H groups in total. The summed E-state index contributed by atoms with van der Waals surface area (Å²) in [5, 5.41) is 0. The summed E-state index contributed by atoms with van der Waals surface area (Å²) in [7, 11) is 0. The second-order valence-electron chi connectivity index (χ2n) is 5.95. The first-order valence-electron chi connectivity index (χ1n) is 7.76. The number of amides is 1. The van der Waals surface area contributed by atoms with Crippen LogP contribution in [-0.2, 0) is 20.7 Å². The molecule has 21 heavy (non-hydrogen) atoms. The van der Waals surface area contributed by atoms with Gasteiger partial charge in [0, 0.05) is 26.1 Å². The van der Waals surface area contributed by atoms with E-state index in [9.17, 15) is 4.79 Å². The Balaban J connectivity index is 1.59. The molecule has 0 bridgehead atoms. The van der Waals surface area contributed by atoms with Crippen LogP contribution in [0.15, 0.2) is 22.8 Å². The van der Waals surface area contributed by atoms with Crippen LogP contribution in [0.25, 0.3) is 0 Å². The summed E-state index contributed by atoms with van der Waals surface area (Å²) >= 11 is 0. The summed E-state index contributed by atoms with van der Waals surface area (Å²) in [6, 6.07) is 3.65. The standard InChI is InChI=1S/C16H23NO4/c1-2-19-14-10-16(21-11-14)6-4-7-17(12-16)15(18)9-13-5-3-8-20-13/h3,5,8,14H,2,4,6-7,9-12H2,1H3/t14-,16-/m1/s1. The first-order chi connectivity index (χ1) is 10.2. The molecule has 1 aromatic heterocycles. The lowest BCUT2D eigenvalue weighted by atomic mass is 9.89. The molecule has 0 aromatic carbocycles. The van der Waals surface area contributed by atoms with E-state index in [2.05, 4.69) is 0 Å². The molecule has 1 aromatic rings. The van der Waals surface area contributed by atoms with Gasteiger partial charge in [-0.05, 0) is 31.9 Å². The molecule has 3 heterocycles. The van der Waals surface area contributed by atoms with Gasteiger partial charge in [-0.3, -0.25) is 4.79 Å². The predicted octanol–water partition coefficient (Wildman–Crippen LogP) is 2.01. The molecular weight excluding hydrogens is 270 g/mol. The molecule has 0 radical (unpaired) electrons. The highest BCUT2D eigenvalue weighted by molar-refractivity contribution is 5.78. The highest BCUT2D eigenvalue weighted by Crippen LogP contribution is 2.35. The van der Waals surface area contributed by atoms with Crippen molar-refractivity contribution in [3.8, 4) is 0 Å². The smallest absolute Gasteiger partial charge is 0.230 e. The monoisotopic (exact) mass is 293 g/mol. The molecule has 0 unspecified atom stereocenters. The average Bonchev–Trinajstić information content (AvgIpc) is 3.10. The normalized spacial score (nSPS) is 29.2. The van der Waals surface area contributed by atoms with E-state index < -0.39 is 0 Å². The van der Waals surface area contributed by atoms with E-state index in [4.69, 9.17) is 13.9 Å². The summed E-state index contributed by atoms with van der Waals surface area (Å²) in [6.07, 6.45) is 5.01. The third kappa shape index (κ3) is 3.30. The molecule has 3 rings (SSSR count). The van der Waals surface area contributed by atoms with E-state index in [0.29, 0.717) is 26.2 Å². The van der Waals surface area contributed by atoms with Gasteiger partial charge in [0.2, 0.25) is 5.91 Å². The zero-order chi connectivity index (χ0) is 14.7. The molecule has 2 saturated heterocycles. The Morgan fingerprint density at radius 3 is 3.24 bits per heavy atom. The van der Waals surface area contributed by atoms with Crippen LogP contribution in [-0.4, -0.2) is 48.8 Å². The SMILES string of the molecule is CCO[C@H]1CO[C@]2(CCCN(C(=O)Cc3ccco3)C2)C1. The van der Waals surface area contributed by atoms with Gasteiger partial charge in [0.05, 0.1) is 31.0 Å². The Morgan fingerprint density at radius 2 is 2.48 bits per heavy atom. The summed E-state index contributed by atoms with van der Waals surface area (Å²) in [5.41, 5.74) is -0.198. The van der Waals surface area contributed by atoms with Crippen molar-refractivity contribution in [3.05, 3.63) is 24.2 Å². The molecule has 2 fully saturated rings. The number of hydrogen-bond donors (Lipinski definition) is 0. The third-order valence-corrected chi connectivity index (χ3v) is 4.38. The van der Waals surface area contributed by atoms with Crippen LogP contribution in [0, 0.1) is 0 Å². The Hall–Kier alpha value is -1.33. The molecule has 0 saturated carbocycles. The summed E-state index contributed by atoms with van der Waals surface area (Å²) in [6.45, 7) is 4.85. The van der Waals surface area contributed by atoms with Gasteiger partial charge < -0.3 is 18.8 Å². The van der Waals surface area contributed by atoms with Crippen molar-refractivity contribution >= 4 is 5.91 Å². The second kappa shape index (κ2) is 6.20. The summed E-state index contributed by atoms with van der Waals surface area (Å²) in [5.74, 6) is 0.839. The fourth-order valence-electron chi connectivity index (χ4n) is 3.41. The molecule has 116 valence electrons. The van der Waals surface area contributed by atoms with E-state index in [1.54, 1.807) is 6.26 Å². The van der Waals surface area contributed by atoms with Gasteiger partial charge in [0.25, 0.3) is 0 Å². The van der Waals surface area contributed by atoms with Gasteiger partial charge in [-0.2, -0.15) is 0 Å². The fourth-order valence-corrected chi connectivity index (χ4v) is 3.41. The van der Waals surface area contributed by atoms with E-state index in [0.717, 1.165) is 31.6 Å². The van der Waals surface area contributed by atoms with Crippen molar-refractivity contribution < 1.29 is 18.7 Å².